The lowest BCUT2D eigenvalue weighted by molar-refractivity contribution is -0.137. The van der Waals surface area contributed by atoms with E-state index in [-0.39, 0.29) is 12.1 Å². The Morgan fingerprint density at radius 2 is 1.96 bits per heavy atom. The summed E-state index contributed by atoms with van der Waals surface area (Å²) in [6.07, 6.45) is -4.15. The number of alkyl halides is 3. The molecule has 4 aromatic rings. The molecule has 0 aliphatic heterocycles. The standard InChI is InChI=1S/C18H13F3N4OS2/c19-18(20,21)13-5-2-1-4-12(13)16(26)22-8-7-11-10-28-17-23-15(24-25(11)17)14-6-3-9-27-14/h1-6,9-10H,7-8H2,(H,22,26). The Morgan fingerprint density at radius 3 is 2.71 bits per heavy atom. The lowest BCUT2D eigenvalue weighted by Gasteiger charge is -2.12. The zero-order valence-electron chi connectivity index (χ0n) is 14.2. The molecule has 1 aromatic carbocycles. The average molecular weight is 422 g/mol. The summed E-state index contributed by atoms with van der Waals surface area (Å²) < 4.78 is 40.9. The minimum Gasteiger partial charge on any atom is -0.352 e. The van der Waals surface area contributed by atoms with Crippen LogP contribution in [0.5, 0.6) is 0 Å². The summed E-state index contributed by atoms with van der Waals surface area (Å²) in [5.41, 5.74) is -0.492. The molecular formula is C18H13F3N4OS2. The highest BCUT2D eigenvalue weighted by molar-refractivity contribution is 7.15. The van der Waals surface area contributed by atoms with Crippen molar-refractivity contribution in [1.29, 1.82) is 0 Å². The van der Waals surface area contributed by atoms with E-state index in [2.05, 4.69) is 15.4 Å². The molecule has 0 aliphatic rings. The summed E-state index contributed by atoms with van der Waals surface area (Å²) in [5, 5.41) is 10.9. The third-order valence-electron chi connectivity index (χ3n) is 4.04. The van der Waals surface area contributed by atoms with Crippen molar-refractivity contribution in [3.63, 3.8) is 0 Å². The molecule has 5 nitrogen and oxygen atoms in total. The molecule has 0 radical (unpaired) electrons. The number of amides is 1. The minimum absolute atomic E-state index is 0.186. The van der Waals surface area contributed by atoms with Crippen LogP contribution < -0.4 is 5.32 Å². The number of thiazole rings is 1. The van der Waals surface area contributed by atoms with Crippen LogP contribution in [0.2, 0.25) is 0 Å². The number of hydrogen-bond donors (Lipinski definition) is 1. The molecular weight excluding hydrogens is 409 g/mol. The van der Waals surface area contributed by atoms with Gasteiger partial charge in [-0.2, -0.15) is 18.2 Å². The van der Waals surface area contributed by atoms with Gasteiger partial charge >= 0.3 is 6.18 Å². The van der Waals surface area contributed by atoms with Crippen LogP contribution in [0.3, 0.4) is 0 Å². The van der Waals surface area contributed by atoms with E-state index in [1.807, 2.05) is 22.9 Å². The highest BCUT2D eigenvalue weighted by atomic mass is 32.1. The minimum atomic E-state index is -4.58. The number of halogens is 3. The van der Waals surface area contributed by atoms with Gasteiger partial charge in [0.05, 0.1) is 21.7 Å². The van der Waals surface area contributed by atoms with Gasteiger partial charge in [-0.25, -0.2) is 4.52 Å². The zero-order valence-corrected chi connectivity index (χ0v) is 15.9. The van der Waals surface area contributed by atoms with Gasteiger partial charge in [0, 0.05) is 18.3 Å². The molecule has 0 unspecified atom stereocenters. The van der Waals surface area contributed by atoms with E-state index in [9.17, 15) is 18.0 Å². The van der Waals surface area contributed by atoms with Gasteiger partial charge in [0.15, 0.2) is 5.82 Å². The van der Waals surface area contributed by atoms with Gasteiger partial charge in [-0.1, -0.05) is 18.2 Å². The summed E-state index contributed by atoms with van der Waals surface area (Å²) in [6, 6.07) is 8.60. The van der Waals surface area contributed by atoms with Crippen molar-refractivity contribution >= 4 is 33.5 Å². The van der Waals surface area contributed by atoms with Gasteiger partial charge in [0.1, 0.15) is 0 Å². The first kappa shape index (κ1) is 18.6. The second kappa shape index (κ2) is 7.36. The summed E-state index contributed by atoms with van der Waals surface area (Å²) in [5.74, 6) is -0.122. The highest BCUT2D eigenvalue weighted by Gasteiger charge is 2.34. The van der Waals surface area contributed by atoms with Crippen molar-refractivity contribution in [3.05, 3.63) is 64.0 Å². The normalized spacial score (nSPS) is 11.8. The lowest BCUT2D eigenvalue weighted by Crippen LogP contribution is -2.28. The van der Waals surface area contributed by atoms with Gasteiger partial charge in [-0.3, -0.25) is 4.79 Å². The van der Waals surface area contributed by atoms with E-state index in [0.29, 0.717) is 12.2 Å². The molecule has 0 bridgehead atoms. The smallest absolute Gasteiger partial charge is 0.352 e. The maximum atomic E-state index is 13.1. The SMILES string of the molecule is O=C(NCCc1csc2nc(-c3cccs3)nn12)c1ccccc1C(F)(F)F. The van der Waals surface area contributed by atoms with Crippen LogP contribution in [0.4, 0.5) is 13.2 Å². The molecule has 0 atom stereocenters. The average Bonchev–Trinajstić information content (AvgIpc) is 3.38. The Balaban J connectivity index is 1.45. The Kier molecular flexibility index (Phi) is 4.90. The molecule has 144 valence electrons. The molecule has 0 saturated carbocycles. The van der Waals surface area contributed by atoms with E-state index >= 15 is 0 Å². The van der Waals surface area contributed by atoms with Crippen LogP contribution in [0.1, 0.15) is 21.6 Å². The number of thiophene rings is 1. The van der Waals surface area contributed by atoms with Crippen molar-refractivity contribution in [3.8, 4) is 10.7 Å². The number of rotatable bonds is 5. The quantitative estimate of drug-likeness (QED) is 0.515. The van der Waals surface area contributed by atoms with Crippen molar-refractivity contribution in [2.45, 2.75) is 12.6 Å². The van der Waals surface area contributed by atoms with Crippen LogP contribution >= 0.6 is 22.7 Å². The molecule has 4 rings (SSSR count). The molecule has 10 heteroatoms. The van der Waals surface area contributed by atoms with Crippen LogP contribution in [-0.4, -0.2) is 27.0 Å². The maximum Gasteiger partial charge on any atom is 0.417 e. The number of carbonyl (C=O) groups excluding carboxylic acids is 1. The van der Waals surface area contributed by atoms with Crippen LogP contribution in [0.25, 0.3) is 15.7 Å². The summed E-state index contributed by atoms with van der Waals surface area (Å²) in [6.45, 7) is 0.186. The molecule has 0 fully saturated rings. The van der Waals surface area contributed by atoms with E-state index in [0.717, 1.165) is 21.6 Å². The monoisotopic (exact) mass is 422 g/mol. The predicted molar refractivity (Wildman–Crippen MR) is 102 cm³/mol. The Hall–Kier alpha value is -2.72. The number of carbonyl (C=O) groups is 1. The molecule has 0 aliphatic carbocycles. The first-order valence-corrected chi connectivity index (χ1v) is 10.0. The third kappa shape index (κ3) is 3.65. The van der Waals surface area contributed by atoms with Crippen molar-refractivity contribution in [2.24, 2.45) is 0 Å². The molecule has 1 N–H and O–H groups in total. The Morgan fingerprint density at radius 1 is 1.14 bits per heavy atom. The Labute approximate surface area is 165 Å². The summed E-state index contributed by atoms with van der Waals surface area (Å²) in [4.78, 5) is 18.4. The van der Waals surface area contributed by atoms with Crippen LogP contribution in [0.15, 0.2) is 47.2 Å². The first-order valence-electron chi connectivity index (χ1n) is 8.25. The van der Waals surface area contributed by atoms with E-state index in [4.69, 9.17) is 0 Å². The second-order valence-corrected chi connectivity index (χ2v) is 7.67. The fourth-order valence-electron chi connectivity index (χ4n) is 2.73. The lowest BCUT2D eigenvalue weighted by atomic mass is 10.1. The molecule has 3 aromatic heterocycles. The predicted octanol–water partition coefficient (Wildman–Crippen LogP) is 4.51. The number of nitrogens with zero attached hydrogens (tertiary/aromatic N) is 3. The van der Waals surface area contributed by atoms with Crippen LogP contribution in [0, 0.1) is 0 Å². The summed E-state index contributed by atoms with van der Waals surface area (Å²) >= 11 is 2.97. The van der Waals surface area contributed by atoms with E-state index in [1.165, 1.54) is 29.5 Å². The molecule has 1 amide bonds. The number of nitrogens with one attached hydrogen (secondary N) is 1. The number of aromatic nitrogens is 3. The fourth-order valence-corrected chi connectivity index (χ4v) is 4.24. The number of hydrogen-bond acceptors (Lipinski definition) is 5. The van der Waals surface area contributed by atoms with E-state index < -0.39 is 17.6 Å². The Bertz CT molecular complexity index is 1120. The second-order valence-electron chi connectivity index (χ2n) is 5.88. The largest absolute Gasteiger partial charge is 0.417 e. The molecule has 3 heterocycles. The van der Waals surface area contributed by atoms with Gasteiger partial charge in [0.2, 0.25) is 4.96 Å². The fraction of sp³-hybridized carbons (Fsp3) is 0.167. The maximum absolute atomic E-state index is 13.1. The van der Waals surface area contributed by atoms with Gasteiger partial charge in [-0.05, 0) is 23.6 Å². The first-order chi connectivity index (χ1) is 13.4. The van der Waals surface area contributed by atoms with Crippen molar-refractivity contribution in [2.75, 3.05) is 6.54 Å². The molecule has 28 heavy (non-hydrogen) atoms. The molecule has 0 saturated heterocycles. The highest BCUT2D eigenvalue weighted by Crippen LogP contribution is 2.31. The van der Waals surface area contributed by atoms with Gasteiger partial charge < -0.3 is 5.32 Å². The topological polar surface area (TPSA) is 59.3 Å². The van der Waals surface area contributed by atoms with Crippen LogP contribution in [-0.2, 0) is 12.6 Å². The zero-order chi connectivity index (χ0) is 19.7. The number of fused-ring (bicyclic) bond motifs is 1. The summed E-state index contributed by atoms with van der Waals surface area (Å²) in [7, 11) is 0. The van der Waals surface area contributed by atoms with Crippen molar-refractivity contribution in [1.82, 2.24) is 19.9 Å². The molecule has 0 spiro atoms. The van der Waals surface area contributed by atoms with Gasteiger partial charge in [0.25, 0.3) is 5.91 Å². The van der Waals surface area contributed by atoms with E-state index in [1.54, 1.807) is 15.9 Å². The van der Waals surface area contributed by atoms with Crippen molar-refractivity contribution < 1.29 is 18.0 Å². The number of benzene rings is 1. The third-order valence-corrected chi connectivity index (χ3v) is 5.77. The van der Waals surface area contributed by atoms with Gasteiger partial charge in [-0.15, -0.1) is 27.8 Å².